The maximum Gasteiger partial charge on any atom is 0.324 e. The van der Waals surface area contributed by atoms with E-state index in [1.807, 2.05) is 0 Å². The Hall–Kier alpha value is -1.75. The van der Waals surface area contributed by atoms with Crippen LogP contribution in [0, 0.1) is 0 Å². The van der Waals surface area contributed by atoms with Crippen LogP contribution in [0.3, 0.4) is 0 Å². The van der Waals surface area contributed by atoms with Crippen molar-refractivity contribution in [1.29, 1.82) is 0 Å². The van der Waals surface area contributed by atoms with Gasteiger partial charge in [0.2, 0.25) is 0 Å². The van der Waals surface area contributed by atoms with Gasteiger partial charge in [0, 0.05) is 19.6 Å². The summed E-state index contributed by atoms with van der Waals surface area (Å²) in [5.41, 5.74) is 15.9. The highest BCUT2D eigenvalue weighted by atomic mass is 16.6. The van der Waals surface area contributed by atoms with Crippen LogP contribution in [0.25, 0.3) is 0 Å². The molecular formula is C21H42N4O6. The lowest BCUT2D eigenvalue weighted by Gasteiger charge is -2.31. The standard InChI is InChI=1S/C21H42N4O6/c1-19(2,3)29-16(26)13(22)10-25(11-14(23)17(27)30-20(4,5)6)12-15(24)18(28)31-21(7,8)9/h13-15H,10-12,22-24H2,1-9H3. The normalized spacial score (nSPS) is 15.8. The zero-order valence-corrected chi connectivity index (χ0v) is 20.5. The van der Waals surface area contributed by atoms with Crippen LogP contribution >= 0.6 is 0 Å². The van der Waals surface area contributed by atoms with Crippen LogP contribution in [-0.2, 0) is 28.6 Å². The predicted octanol–water partition coefficient (Wildman–Crippen LogP) is 0.295. The zero-order chi connectivity index (χ0) is 24.8. The Bertz CT molecular complexity index is 533. The molecule has 3 unspecified atom stereocenters. The molecule has 0 aliphatic heterocycles. The van der Waals surface area contributed by atoms with Crippen LogP contribution in [0.1, 0.15) is 62.3 Å². The third-order valence-corrected chi connectivity index (χ3v) is 3.49. The van der Waals surface area contributed by atoms with Gasteiger partial charge in [-0.1, -0.05) is 0 Å². The molecule has 0 radical (unpaired) electrons. The highest BCUT2D eigenvalue weighted by Gasteiger charge is 2.31. The van der Waals surface area contributed by atoms with Crippen molar-refractivity contribution in [3.8, 4) is 0 Å². The molecule has 0 saturated carbocycles. The van der Waals surface area contributed by atoms with E-state index in [0.717, 1.165) is 0 Å². The molecule has 0 amide bonds. The lowest BCUT2D eigenvalue weighted by molar-refractivity contribution is -0.157. The first-order valence-corrected chi connectivity index (χ1v) is 10.4. The van der Waals surface area contributed by atoms with Crippen molar-refractivity contribution < 1.29 is 28.6 Å². The van der Waals surface area contributed by atoms with E-state index in [9.17, 15) is 14.4 Å². The van der Waals surface area contributed by atoms with E-state index < -0.39 is 52.8 Å². The molecule has 0 rings (SSSR count). The second kappa shape index (κ2) is 11.2. The predicted molar refractivity (Wildman–Crippen MR) is 118 cm³/mol. The molecule has 3 atom stereocenters. The molecule has 0 fully saturated rings. The van der Waals surface area contributed by atoms with E-state index in [-0.39, 0.29) is 19.6 Å². The zero-order valence-electron chi connectivity index (χ0n) is 20.5. The smallest absolute Gasteiger partial charge is 0.324 e. The number of esters is 3. The topological polar surface area (TPSA) is 160 Å². The van der Waals surface area contributed by atoms with Crippen molar-refractivity contribution in [2.24, 2.45) is 17.2 Å². The van der Waals surface area contributed by atoms with Crippen LogP contribution in [0.2, 0.25) is 0 Å². The third-order valence-electron chi connectivity index (χ3n) is 3.49. The Balaban J connectivity index is 5.34. The highest BCUT2D eigenvalue weighted by Crippen LogP contribution is 2.12. The number of hydrogen-bond acceptors (Lipinski definition) is 10. The summed E-state index contributed by atoms with van der Waals surface area (Å²) in [6, 6.07) is -3.09. The van der Waals surface area contributed by atoms with Gasteiger partial charge >= 0.3 is 17.9 Å². The maximum atomic E-state index is 12.3. The molecule has 0 aliphatic carbocycles. The van der Waals surface area contributed by atoms with Crippen LogP contribution in [0.15, 0.2) is 0 Å². The van der Waals surface area contributed by atoms with Crippen molar-refractivity contribution in [2.45, 2.75) is 97.2 Å². The first kappa shape index (κ1) is 29.2. The molecular weight excluding hydrogens is 404 g/mol. The van der Waals surface area contributed by atoms with E-state index in [4.69, 9.17) is 31.4 Å². The van der Waals surface area contributed by atoms with Crippen molar-refractivity contribution in [3.05, 3.63) is 0 Å². The molecule has 182 valence electrons. The molecule has 0 aromatic heterocycles. The van der Waals surface area contributed by atoms with Gasteiger partial charge < -0.3 is 31.4 Å². The Labute approximate surface area is 186 Å². The maximum absolute atomic E-state index is 12.3. The lowest BCUT2D eigenvalue weighted by atomic mass is 10.1. The fraction of sp³-hybridized carbons (Fsp3) is 0.857. The summed E-state index contributed by atoms with van der Waals surface area (Å²) in [5.74, 6) is -1.85. The summed E-state index contributed by atoms with van der Waals surface area (Å²) in [5, 5.41) is 0. The van der Waals surface area contributed by atoms with Gasteiger partial charge in [-0.05, 0) is 62.3 Å². The van der Waals surface area contributed by atoms with E-state index in [2.05, 4.69) is 0 Å². The second-order valence-corrected chi connectivity index (χ2v) is 10.6. The second-order valence-electron chi connectivity index (χ2n) is 10.6. The molecule has 6 N–H and O–H groups in total. The lowest BCUT2D eigenvalue weighted by Crippen LogP contribution is -2.55. The number of hydrogen-bond donors (Lipinski definition) is 3. The van der Waals surface area contributed by atoms with Gasteiger partial charge in [-0.2, -0.15) is 0 Å². The molecule has 0 saturated heterocycles. The number of carbonyl (C=O) groups is 3. The van der Waals surface area contributed by atoms with Gasteiger partial charge in [-0.3, -0.25) is 19.3 Å². The molecule has 10 heteroatoms. The van der Waals surface area contributed by atoms with Crippen molar-refractivity contribution in [1.82, 2.24) is 4.90 Å². The monoisotopic (exact) mass is 446 g/mol. The average molecular weight is 447 g/mol. The first-order valence-electron chi connectivity index (χ1n) is 10.4. The molecule has 0 aliphatic rings. The average Bonchev–Trinajstić information content (AvgIpc) is 2.49. The van der Waals surface area contributed by atoms with E-state index in [1.165, 1.54) is 0 Å². The number of rotatable bonds is 9. The molecule has 10 nitrogen and oxygen atoms in total. The Morgan fingerprint density at radius 3 is 0.935 bits per heavy atom. The minimum absolute atomic E-state index is 0.0259. The van der Waals surface area contributed by atoms with Gasteiger partial charge in [0.15, 0.2) is 0 Å². The minimum Gasteiger partial charge on any atom is -0.459 e. The van der Waals surface area contributed by atoms with Gasteiger partial charge in [-0.15, -0.1) is 0 Å². The van der Waals surface area contributed by atoms with E-state index >= 15 is 0 Å². The number of nitrogens with zero attached hydrogens (tertiary/aromatic N) is 1. The summed E-state index contributed by atoms with van der Waals surface area (Å²) in [6.07, 6.45) is 0. The molecule has 31 heavy (non-hydrogen) atoms. The third kappa shape index (κ3) is 14.0. The van der Waals surface area contributed by atoms with Crippen molar-refractivity contribution in [3.63, 3.8) is 0 Å². The number of carbonyl (C=O) groups excluding carboxylic acids is 3. The van der Waals surface area contributed by atoms with Gasteiger partial charge in [0.05, 0.1) is 0 Å². The number of ether oxygens (including phenoxy) is 3. The Kier molecular flexibility index (Phi) is 10.6. The minimum atomic E-state index is -1.03. The summed E-state index contributed by atoms with van der Waals surface area (Å²) < 4.78 is 15.9. The first-order chi connectivity index (χ1) is 13.7. The Morgan fingerprint density at radius 1 is 0.581 bits per heavy atom. The number of nitrogens with two attached hydrogens (primary N) is 3. The van der Waals surface area contributed by atoms with E-state index in [0.29, 0.717) is 0 Å². The van der Waals surface area contributed by atoms with E-state index in [1.54, 1.807) is 67.2 Å². The summed E-state index contributed by atoms with van der Waals surface area (Å²) in [7, 11) is 0. The SMILES string of the molecule is CC(C)(C)OC(=O)C(N)CN(CC(N)C(=O)OC(C)(C)C)CC(N)C(=O)OC(C)(C)C. The van der Waals surface area contributed by atoms with Crippen LogP contribution in [0.4, 0.5) is 0 Å². The van der Waals surface area contributed by atoms with Crippen LogP contribution < -0.4 is 17.2 Å². The fourth-order valence-electron chi connectivity index (χ4n) is 2.41. The van der Waals surface area contributed by atoms with Gasteiger partial charge in [0.1, 0.15) is 34.9 Å². The summed E-state index contributed by atoms with van der Waals surface area (Å²) >= 11 is 0. The van der Waals surface area contributed by atoms with Gasteiger partial charge in [0.25, 0.3) is 0 Å². The van der Waals surface area contributed by atoms with Gasteiger partial charge in [-0.25, -0.2) is 0 Å². The fourth-order valence-corrected chi connectivity index (χ4v) is 2.41. The highest BCUT2D eigenvalue weighted by molar-refractivity contribution is 5.78. The summed E-state index contributed by atoms with van der Waals surface area (Å²) in [4.78, 5) is 38.4. The van der Waals surface area contributed by atoms with Crippen LogP contribution in [-0.4, -0.2) is 77.4 Å². The molecule has 0 bridgehead atoms. The molecule has 0 aromatic rings. The Morgan fingerprint density at radius 2 is 0.774 bits per heavy atom. The molecule has 0 spiro atoms. The quantitative estimate of drug-likeness (QED) is 0.332. The summed E-state index contributed by atoms with van der Waals surface area (Å²) in [6.45, 7) is 15.5. The molecule has 0 heterocycles. The van der Waals surface area contributed by atoms with Crippen LogP contribution in [0.5, 0.6) is 0 Å². The van der Waals surface area contributed by atoms with Crippen molar-refractivity contribution >= 4 is 17.9 Å². The van der Waals surface area contributed by atoms with Crippen molar-refractivity contribution in [2.75, 3.05) is 19.6 Å². The largest absolute Gasteiger partial charge is 0.459 e. The molecule has 0 aromatic carbocycles.